The zero-order valence-corrected chi connectivity index (χ0v) is 21.7. The lowest BCUT2D eigenvalue weighted by Crippen LogP contribution is -2.27. The number of benzene rings is 2. The minimum absolute atomic E-state index is 0.0549. The quantitative estimate of drug-likeness (QED) is 0.273. The molecule has 1 aliphatic rings. The number of halogens is 4. The first kappa shape index (κ1) is 26.0. The molecule has 2 aromatic heterocycles. The number of carbonyl (C=O) groups excluding carboxylic acids is 1. The van der Waals surface area contributed by atoms with Crippen LogP contribution in [0.5, 0.6) is 0 Å². The van der Waals surface area contributed by atoms with Gasteiger partial charge in [0, 0.05) is 29.4 Å². The van der Waals surface area contributed by atoms with Crippen LogP contribution in [0.1, 0.15) is 37.9 Å². The Morgan fingerprint density at radius 1 is 0.974 bits per heavy atom. The Morgan fingerprint density at radius 3 is 2.55 bits per heavy atom. The number of rotatable bonds is 2. The molecule has 0 fully saturated rings. The molecule has 194 valence electrons. The number of anilines is 1. The highest BCUT2D eigenvalue weighted by molar-refractivity contribution is 6.35. The highest BCUT2D eigenvalue weighted by atomic mass is 35.5. The molecule has 1 aliphatic heterocycles. The van der Waals surface area contributed by atoms with Crippen molar-refractivity contribution >= 4 is 34.8 Å². The third-order valence-electron chi connectivity index (χ3n) is 6.71. The Morgan fingerprint density at radius 2 is 1.76 bits per heavy atom. The largest absolute Gasteiger partial charge is 0.325 e. The number of fused-ring (bicyclic) bond motifs is 4. The second kappa shape index (κ2) is 10.6. The Kier molecular flexibility index (Phi) is 7.27. The van der Waals surface area contributed by atoms with Crippen LogP contribution in [0, 0.1) is 17.6 Å². The molecule has 10 heteroatoms. The summed E-state index contributed by atoms with van der Waals surface area (Å²) in [5.74, 6) is -1.70. The van der Waals surface area contributed by atoms with Crippen molar-refractivity contribution in [3.8, 4) is 22.4 Å². The maximum Gasteiger partial charge on any atom is 0.254 e. The third kappa shape index (κ3) is 5.06. The summed E-state index contributed by atoms with van der Waals surface area (Å²) in [7, 11) is 0. The number of amides is 1. The van der Waals surface area contributed by atoms with Crippen LogP contribution in [0.25, 0.3) is 22.4 Å². The Labute approximate surface area is 227 Å². The summed E-state index contributed by atoms with van der Waals surface area (Å²) in [5, 5.41) is 2.85. The molecule has 0 unspecified atom stereocenters. The molecule has 0 saturated carbocycles. The lowest BCUT2D eigenvalue weighted by atomic mass is 9.95. The summed E-state index contributed by atoms with van der Waals surface area (Å²) in [5.41, 5.74) is 1.75. The number of aromatic nitrogens is 3. The van der Waals surface area contributed by atoms with Crippen LogP contribution >= 0.6 is 23.2 Å². The third-order valence-corrected chi connectivity index (χ3v) is 7.31. The van der Waals surface area contributed by atoms with Gasteiger partial charge in [0.05, 0.1) is 39.4 Å². The van der Waals surface area contributed by atoms with E-state index in [2.05, 4.69) is 15.3 Å². The van der Waals surface area contributed by atoms with Crippen LogP contribution in [-0.2, 0) is 4.79 Å². The van der Waals surface area contributed by atoms with Gasteiger partial charge in [0.2, 0.25) is 5.91 Å². The van der Waals surface area contributed by atoms with Crippen LogP contribution in [0.15, 0.2) is 65.8 Å². The van der Waals surface area contributed by atoms with Crippen molar-refractivity contribution in [3.63, 3.8) is 0 Å². The van der Waals surface area contributed by atoms with Crippen molar-refractivity contribution in [3.05, 3.63) is 98.8 Å². The second-order valence-electron chi connectivity index (χ2n) is 9.23. The van der Waals surface area contributed by atoms with E-state index in [1.807, 2.05) is 6.92 Å². The van der Waals surface area contributed by atoms with Crippen LogP contribution in [0.4, 0.5) is 14.5 Å². The summed E-state index contributed by atoms with van der Waals surface area (Å²) < 4.78 is 30.4. The highest BCUT2D eigenvalue weighted by Crippen LogP contribution is 2.35. The van der Waals surface area contributed by atoms with E-state index in [0.717, 1.165) is 0 Å². The Bertz CT molecular complexity index is 1610. The fourth-order valence-corrected chi connectivity index (χ4v) is 5.04. The van der Waals surface area contributed by atoms with Crippen molar-refractivity contribution in [1.82, 2.24) is 14.5 Å². The van der Waals surface area contributed by atoms with Crippen molar-refractivity contribution < 1.29 is 13.6 Å². The number of nitrogens with zero attached hydrogens (tertiary/aromatic N) is 3. The number of carbonyl (C=O) groups is 1. The first-order valence-electron chi connectivity index (χ1n) is 12.0. The Hall–Kier alpha value is -3.62. The van der Waals surface area contributed by atoms with E-state index in [9.17, 15) is 18.4 Å². The van der Waals surface area contributed by atoms with E-state index in [4.69, 9.17) is 23.2 Å². The monoisotopic (exact) mass is 554 g/mol. The summed E-state index contributed by atoms with van der Waals surface area (Å²) in [4.78, 5) is 35.0. The van der Waals surface area contributed by atoms with E-state index in [1.54, 1.807) is 18.3 Å². The number of hydrogen-bond acceptors (Lipinski definition) is 4. The molecule has 38 heavy (non-hydrogen) atoms. The SMILES string of the molecule is C[C@@H]1CCC[C@H](n2cnc(-c3c(Cl)ccc(Cl)c3F)cc2=O)c2cc(ccn2)-c2cc(F)ccc2NC1=O. The normalized spacial score (nSPS) is 17.7. The second-order valence-corrected chi connectivity index (χ2v) is 10.0. The summed E-state index contributed by atoms with van der Waals surface area (Å²) >= 11 is 12.1. The molecule has 5 rings (SSSR count). The van der Waals surface area contributed by atoms with Gasteiger partial charge in [-0.3, -0.25) is 19.1 Å². The maximum absolute atomic E-state index is 14.7. The van der Waals surface area contributed by atoms with Gasteiger partial charge in [-0.25, -0.2) is 13.8 Å². The molecule has 0 radical (unpaired) electrons. The minimum atomic E-state index is -0.762. The van der Waals surface area contributed by atoms with Gasteiger partial charge < -0.3 is 5.32 Å². The van der Waals surface area contributed by atoms with Crippen LogP contribution < -0.4 is 10.9 Å². The molecule has 0 saturated heterocycles. The molecule has 1 amide bonds. The van der Waals surface area contributed by atoms with Gasteiger partial charge in [0.1, 0.15) is 5.82 Å². The molecule has 2 aromatic carbocycles. The molecule has 0 aliphatic carbocycles. The van der Waals surface area contributed by atoms with Gasteiger partial charge in [0.15, 0.2) is 5.82 Å². The van der Waals surface area contributed by atoms with E-state index in [0.29, 0.717) is 41.8 Å². The summed E-state index contributed by atoms with van der Waals surface area (Å²) in [6.45, 7) is 1.82. The molecule has 1 N–H and O–H groups in total. The molecule has 0 spiro atoms. The van der Waals surface area contributed by atoms with Crippen LogP contribution in [0.2, 0.25) is 10.0 Å². The zero-order valence-electron chi connectivity index (χ0n) is 20.2. The average Bonchev–Trinajstić information content (AvgIpc) is 2.90. The lowest BCUT2D eigenvalue weighted by molar-refractivity contribution is -0.119. The molecule has 4 aromatic rings. The molecular formula is C28H22Cl2F2N4O2. The highest BCUT2D eigenvalue weighted by Gasteiger charge is 2.23. The fraction of sp³-hybridized carbons (Fsp3) is 0.214. The molecular weight excluding hydrogens is 533 g/mol. The molecule has 6 nitrogen and oxygen atoms in total. The molecule has 2 bridgehead atoms. The van der Waals surface area contributed by atoms with Crippen molar-refractivity contribution in [2.45, 2.75) is 32.2 Å². The number of pyridine rings is 1. The predicted molar refractivity (Wildman–Crippen MR) is 143 cm³/mol. The van der Waals surface area contributed by atoms with Gasteiger partial charge in [-0.1, -0.05) is 36.5 Å². The predicted octanol–water partition coefficient (Wildman–Crippen LogP) is 6.91. The van der Waals surface area contributed by atoms with E-state index in [1.165, 1.54) is 47.3 Å². The summed E-state index contributed by atoms with van der Waals surface area (Å²) in [6.07, 6.45) is 4.57. The van der Waals surface area contributed by atoms with Crippen molar-refractivity contribution in [2.75, 3.05) is 5.32 Å². The van der Waals surface area contributed by atoms with E-state index < -0.39 is 23.2 Å². The minimum Gasteiger partial charge on any atom is -0.325 e. The van der Waals surface area contributed by atoms with Gasteiger partial charge in [-0.15, -0.1) is 0 Å². The van der Waals surface area contributed by atoms with E-state index >= 15 is 0 Å². The average molecular weight is 555 g/mol. The first-order valence-corrected chi connectivity index (χ1v) is 12.8. The fourth-order valence-electron chi connectivity index (χ4n) is 4.64. The topological polar surface area (TPSA) is 76.9 Å². The van der Waals surface area contributed by atoms with Gasteiger partial charge in [0.25, 0.3) is 5.56 Å². The lowest BCUT2D eigenvalue weighted by Gasteiger charge is -2.23. The van der Waals surface area contributed by atoms with Gasteiger partial charge in [-0.05, 0) is 60.9 Å². The molecule has 3 heterocycles. The first-order chi connectivity index (χ1) is 18.2. The van der Waals surface area contributed by atoms with Crippen molar-refractivity contribution in [1.29, 1.82) is 0 Å². The van der Waals surface area contributed by atoms with Crippen molar-refractivity contribution in [2.24, 2.45) is 5.92 Å². The molecule has 2 atom stereocenters. The number of nitrogens with one attached hydrogen (secondary N) is 1. The maximum atomic E-state index is 14.7. The summed E-state index contributed by atoms with van der Waals surface area (Å²) in [6, 6.07) is 11.1. The smallest absolute Gasteiger partial charge is 0.254 e. The standard InChI is InChI=1S/C28H22Cl2F2N4O2/c1-15-3-2-4-24(36-14-34-23(13-25(36)37)26-19(29)6-7-20(30)27(26)32)22-11-16(9-10-33-22)18-12-17(31)5-8-21(18)35-28(15)38/h5-15,24H,2-4H2,1H3,(H,35,38)/t15-,24+/m1/s1. The van der Waals surface area contributed by atoms with Gasteiger partial charge in [-0.2, -0.15) is 0 Å². The van der Waals surface area contributed by atoms with Crippen LogP contribution in [0.3, 0.4) is 0 Å². The van der Waals surface area contributed by atoms with Crippen LogP contribution in [-0.4, -0.2) is 20.4 Å². The number of hydrogen-bond donors (Lipinski definition) is 1. The Balaban J connectivity index is 1.62. The zero-order chi connectivity index (χ0) is 27.0. The van der Waals surface area contributed by atoms with Gasteiger partial charge >= 0.3 is 0 Å². The van der Waals surface area contributed by atoms with E-state index in [-0.39, 0.29) is 33.1 Å².